The third-order valence-corrected chi connectivity index (χ3v) is 4.30. The lowest BCUT2D eigenvalue weighted by molar-refractivity contribution is -0.136. The molecule has 1 fully saturated rings. The topological polar surface area (TPSA) is 46.3 Å². The SMILES string of the molecule is NCC1(CC(=O)N2CC=C(C(F)(F)F)CC2)CCC1. The molecule has 0 aromatic carbocycles. The Kier molecular flexibility index (Phi) is 3.90. The van der Waals surface area contributed by atoms with Gasteiger partial charge in [0.1, 0.15) is 0 Å². The van der Waals surface area contributed by atoms with Crippen LogP contribution in [0.1, 0.15) is 32.1 Å². The molecule has 0 spiro atoms. The molecule has 0 bridgehead atoms. The number of hydrogen-bond acceptors (Lipinski definition) is 2. The molecular weight excluding hydrogens is 257 g/mol. The van der Waals surface area contributed by atoms with Crippen LogP contribution in [-0.4, -0.2) is 36.6 Å². The average molecular weight is 276 g/mol. The summed E-state index contributed by atoms with van der Waals surface area (Å²) in [6.07, 6.45) is 0.116. The maximum atomic E-state index is 12.5. The highest BCUT2D eigenvalue weighted by atomic mass is 19.4. The van der Waals surface area contributed by atoms with Gasteiger partial charge in [0.2, 0.25) is 5.91 Å². The smallest absolute Gasteiger partial charge is 0.339 e. The Morgan fingerprint density at radius 2 is 2.11 bits per heavy atom. The fourth-order valence-corrected chi connectivity index (χ4v) is 2.72. The number of carbonyl (C=O) groups excluding carboxylic acids is 1. The molecule has 0 atom stereocenters. The number of nitrogens with two attached hydrogens (primary N) is 1. The molecule has 2 N–H and O–H groups in total. The van der Waals surface area contributed by atoms with Crippen molar-refractivity contribution in [2.45, 2.75) is 38.3 Å². The lowest BCUT2D eigenvalue weighted by atomic mass is 9.66. The van der Waals surface area contributed by atoms with Crippen molar-refractivity contribution in [3.8, 4) is 0 Å². The van der Waals surface area contributed by atoms with Crippen LogP contribution in [0.2, 0.25) is 0 Å². The quantitative estimate of drug-likeness (QED) is 0.803. The Balaban J connectivity index is 1.91. The number of nitrogens with zero attached hydrogens (tertiary/aromatic N) is 1. The second-order valence-electron chi connectivity index (χ2n) is 5.55. The van der Waals surface area contributed by atoms with Crippen molar-refractivity contribution in [1.29, 1.82) is 0 Å². The molecule has 0 saturated heterocycles. The van der Waals surface area contributed by atoms with E-state index in [1.165, 1.54) is 4.90 Å². The minimum Gasteiger partial charge on any atom is -0.339 e. The molecule has 1 heterocycles. The van der Waals surface area contributed by atoms with Crippen LogP contribution in [0, 0.1) is 5.41 Å². The van der Waals surface area contributed by atoms with E-state index in [2.05, 4.69) is 0 Å². The molecule has 0 unspecified atom stereocenters. The van der Waals surface area contributed by atoms with Crippen molar-refractivity contribution >= 4 is 5.91 Å². The minimum atomic E-state index is -4.26. The van der Waals surface area contributed by atoms with Crippen LogP contribution in [0.4, 0.5) is 13.2 Å². The summed E-state index contributed by atoms with van der Waals surface area (Å²) in [6, 6.07) is 0. The summed E-state index contributed by atoms with van der Waals surface area (Å²) in [7, 11) is 0. The van der Waals surface area contributed by atoms with Crippen LogP contribution in [0.25, 0.3) is 0 Å². The first-order valence-corrected chi connectivity index (χ1v) is 6.60. The highest BCUT2D eigenvalue weighted by Crippen LogP contribution is 2.43. The second-order valence-corrected chi connectivity index (χ2v) is 5.55. The molecular formula is C13H19F3N2O. The van der Waals surface area contributed by atoms with Gasteiger partial charge in [-0.3, -0.25) is 4.79 Å². The first-order valence-electron chi connectivity index (χ1n) is 6.60. The maximum Gasteiger partial charge on any atom is 0.412 e. The Labute approximate surface area is 110 Å². The van der Waals surface area contributed by atoms with Gasteiger partial charge in [0, 0.05) is 25.1 Å². The van der Waals surface area contributed by atoms with Gasteiger partial charge in [0.05, 0.1) is 0 Å². The predicted octanol–water partition coefficient (Wildman–Crippen LogP) is 2.23. The molecule has 2 rings (SSSR count). The van der Waals surface area contributed by atoms with Gasteiger partial charge in [-0.2, -0.15) is 13.2 Å². The van der Waals surface area contributed by atoms with Crippen LogP contribution >= 0.6 is 0 Å². The van der Waals surface area contributed by atoms with Crippen molar-refractivity contribution < 1.29 is 18.0 Å². The third-order valence-electron chi connectivity index (χ3n) is 4.30. The third kappa shape index (κ3) is 3.11. The number of amides is 1. The van der Waals surface area contributed by atoms with Crippen LogP contribution in [-0.2, 0) is 4.79 Å². The largest absolute Gasteiger partial charge is 0.412 e. The van der Waals surface area contributed by atoms with Crippen LogP contribution in [0.5, 0.6) is 0 Å². The van der Waals surface area contributed by atoms with E-state index in [4.69, 9.17) is 5.73 Å². The molecule has 1 aliphatic carbocycles. The summed E-state index contributed by atoms with van der Waals surface area (Å²) in [5, 5.41) is 0. The average Bonchev–Trinajstić information content (AvgIpc) is 2.32. The Bertz CT molecular complexity index is 380. The summed E-state index contributed by atoms with van der Waals surface area (Å²) >= 11 is 0. The normalized spacial score (nSPS) is 22.7. The van der Waals surface area contributed by atoms with E-state index in [9.17, 15) is 18.0 Å². The second kappa shape index (κ2) is 5.15. The molecule has 0 aromatic rings. The first-order chi connectivity index (χ1) is 8.86. The van der Waals surface area contributed by atoms with E-state index in [0.717, 1.165) is 25.3 Å². The molecule has 1 amide bonds. The van der Waals surface area contributed by atoms with Gasteiger partial charge in [-0.25, -0.2) is 0 Å². The molecule has 1 saturated carbocycles. The van der Waals surface area contributed by atoms with Crippen LogP contribution in [0.3, 0.4) is 0 Å². The van der Waals surface area contributed by atoms with Crippen molar-refractivity contribution in [2.24, 2.45) is 11.1 Å². The first kappa shape index (κ1) is 14.4. The monoisotopic (exact) mass is 276 g/mol. The van der Waals surface area contributed by atoms with Gasteiger partial charge in [0.15, 0.2) is 0 Å². The van der Waals surface area contributed by atoms with E-state index >= 15 is 0 Å². The zero-order chi connectivity index (χ0) is 14.1. The standard InChI is InChI=1S/C13H19F3N2O/c14-13(15,16)10-2-6-18(7-3-10)11(19)8-12(9-17)4-1-5-12/h2H,1,3-9,17H2. The zero-order valence-corrected chi connectivity index (χ0v) is 10.8. The number of alkyl halides is 3. The highest BCUT2D eigenvalue weighted by molar-refractivity contribution is 5.77. The molecule has 0 radical (unpaired) electrons. The number of rotatable bonds is 3. The molecule has 19 heavy (non-hydrogen) atoms. The summed E-state index contributed by atoms with van der Waals surface area (Å²) in [4.78, 5) is 13.6. The van der Waals surface area contributed by atoms with Crippen LogP contribution < -0.4 is 5.73 Å². The Morgan fingerprint density at radius 3 is 2.47 bits per heavy atom. The summed E-state index contributed by atoms with van der Waals surface area (Å²) < 4.78 is 37.4. The Morgan fingerprint density at radius 1 is 1.42 bits per heavy atom. The number of carbonyl (C=O) groups is 1. The number of hydrogen-bond donors (Lipinski definition) is 1. The van der Waals surface area contributed by atoms with Gasteiger partial charge >= 0.3 is 6.18 Å². The molecule has 0 aromatic heterocycles. The van der Waals surface area contributed by atoms with Crippen molar-refractivity contribution in [3.63, 3.8) is 0 Å². The highest BCUT2D eigenvalue weighted by Gasteiger charge is 2.40. The van der Waals surface area contributed by atoms with E-state index in [0.29, 0.717) is 13.0 Å². The molecule has 2 aliphatic rings. The Hall–Kier alpha value is -1.04. The summed E-state index contributed by atoms with van der Waals surface area (Å²) in [5.41, 5.74) is 5.08. The molecule has 6 heteroatoms. The molecule has 1 aliphatic heterocycles. The lowest BCUT2D eigenvalue weighted by Gasteiger charge is -2.42. The summed E-state index contributed by atoms with van der Waals surface area (Å²) in [6.45, 7) is 0.704. The van der Waals surface area contributed by atoms with Crippen molar-refractivity contribution in [2.75, 3.05) is 19.6 Å². The molecule has 108 valence electrons. The predicted molar refractivity (Wildman–Crippen MR) is 65.3 cm³/mol. The molecule has 3 nitrogen and oxygen atoms in total. The van der Waals surface area contributed by atoms with E-state index in [1.807, 2.05) is 0 Å². The fourth-order valence-electron chi connectivity index (χ4n) is 2.72. The fraction of sp³-hybridized carbons (Fsp3) is 0.769. The van der Waals surface area contributed by atoms with E-state index < -0.39 is 11.7 Å². The lowest BCUT2D eigenvalue weighted by Crippen LogP contribution is -2.44. The summed E-state index contributed by atoms with van der Waals surface area (Å²) in [5.74, 6) is -0.0670. The zero-order valence-electron chi connectivity index (χ0n) is 10.8. The maximum absolute atomic E-state index is 12.5. The van der Waals surface area contributed by atoms with Gasteiger partial charge in [-0.05, 0) is 31.2 Å². The van der Waals surface area contributed by atoms with E-state index in [1.54, 1.807) is 0 Å². The van der Waals surface area contributed by atoms with Gasteiger partial charge in [-0.1, -0.05) is 12.5 Å². The van der Waals surface area contributed by atoms with Gasteiger partial charge in [-0.15, -0.1) is 0 Å². The van der Waals surface area contributed by atoms with Gasteiger partial charge < -0.3 is 10.6 Å². The van der Waals surface area contributed by atoms with Crippen molar-refractivity contribution in [3.05, 3.63) is 11.6 Å². The van der Waals surface area contributed by atoms with Gasteiger partial charge in [0.25, 0.3) is 0 Å². The van der Waals surface area contributed by atoms with E-state index in [-0.39, 0.29) is 30.8 Å². The number of halogens is 3. The minimum absolute atomic E-state index is 0.0638. The van der Waals surface area contributed by atoms with Crippen LogP contribution in [0.15, 0.2) is 11.6 Å². The van der Waals surface area contributed by atoms with Crippen molar-refractivity contribution in [1.82, 2.24) is 4.90 Å².